The van der Waals surface area contributed by atoms with E-state index in [1.165, 1.54) is 25.7 Å². The van der Waals surface area contributed by atoms with E-state index in [9.17, 15) is 4.79 Å². The van der Waals surface area contributed by atoms with Crippen LogP contribution in [0.2, 0.25) is 0 Å². The van der Waals surface area contributed by atoms with E-state index in [0.717, 1.165) is 19.0 Å². The maximum absolute atomic E-state index is 11.7. The summed E-state index contributed by atoms with van der Waals surface area (Å²) < 4.78 is 5.38. The number of carbonyl (C=O) groups is 1. The fraction of sp³-hybridized carbons (Fsp3) is 0.923. The summed E-state index contributed by atoms with van der Waals surface area (Å²) >= 11 is 0. The first kappa shape index (κ1) is 12.1. The van der Waals surface area contributed by atoms with Crippen LogP contribution < -0.4 is 0 Å². The molecule has 0 radical (unpaired) electrons. The van der Waals surface area contributed by atoms with Crippen LogP contribution in [0.4, 0.5) is 0 Å². The molecule has 0 aromatic heterocycles. The van der Waals surface area contributed by atoms with Gasteiger partial charge in [-0.05, 0) is 25.8 Å². The van der Waals surface area contributed by atoms with E-state index in [-0.39, 0.29) is 5.92 Å². The van der Waals surface area contributed by atoms with Gasteiger partial charge in [-0.3, -0.25) is 4.79 Å². The van der Waals surface area contributed by atoms with E-state index in [0.29, 0.717) is 25.4 Å². The van der Waals surface area contributed by atoms with Gasteiger partial charge in [0.2, 0.25) is 0 Å². The Morgan fingerprint density at radius 1 is 1.31 bits per heavy atom. The predicted molar refractivity (Wildman–Crippen MR) is 63.4 cm³/mol. The van der Waals surface area contributed by atoms with Crippen molar-refractivity contribution in [3.63, 3.8) is 0 Å². The Morgan fingerprint density at radius 3 is 2.75 bits per heavy atom. The molecule has 0 amide bonds. The van der Waals surface area contributed by atoms with Crippen LogP contribution in [0.25, 0.3) is 0 Å². The molecule has 16 heavy (non-hydrogen) atoms. The number of Topliss-reactive ketones (excluding diaryl/α,β-unsaturated/α-hetero) is 1. The molecule has 1 aliphatic heterocycles. The van der Waals surface area contributed by atoms with Gasteiger partial charge in [0, 0.05) is 19.5 Å². The first-order valence-corrected chi connectivity index (χ1v) is 6.54. The Labute approximate surface area is 98.1 Å². The van der Waals surface area contributed by atoms with Gasteiger partial charge in [-0.15, -0.1) is 0 Å². The van der Waals surface area contributed by atoms with Gasteiger partial charge in [-0.1, -0.05) is 12.8 Å². The first-order valence-electron chi connectivity index (χ1n) is 6.54. The number of ketones is 1. The maximum atomic E-state index is 11.7. The van der Waals surface area contributed by atoms with E-state index >= 15 is 0 Å². The molecule has 0 aromatic rings. The van der Waals surface area contributed by atoms with Crippen molar-refractivity contribution in [2.24, 2.45) is 11.8 Å². The summed E-state index contributed by atoms with van der Waals surface area (Å²) in [5, 5.41) is 0. The van der Waals surface area contributed by atoms with Crippen LogP contribution in [0.3, 0.4) is 0 Å². The quantitative estimate of drug-likeness (QED) is 0.729. The Balaban J connectivity index is 1.72. The van der Waals surface area contributed by atoms with Gasteiger partial charge in [0.1, 0.15) is 5.78 Å². The van der Waals surface area contributed by atoms with Gasteiger partial charge in [-0.2, -0.15) is 0 Å². The van der Waals surface area contributed by atoms with E-state index in [1.807, 2.05) is 0 Å². The van der Waals surface area contributed by atoms with Crippen molar-refractivity contribution in [3.05, 3.63) is 0 Å². The standard InChI is InChI=1S/C13H23NO2/c1-14(8-11-4-2-3-5-11)9-12-10-16-7-6-13(12)15/h11-12H,2-10H2,1H3. The summed E-state index contributed by atoms with van der Waals surface area (Å²) in [5.41, 5.74) is 0. The number of carbonyl (C=O) groups excluding carboxylic acids is 1. The minimum Gasteiger partial charge on any atom is -0.380 e. The molecule has 0 N–H and O–H groups in total. The van der Waals surface area contributed by atoms with E-state index < -0.39 is 0 Å². The molecule has 2 rings (SSSR count). The van der Waals surface area contributed by atoms with Crippen LogP contribution in [-0.2, 0) is 9.53 Å². The Hall–Kier alpha value is -0.410. The van der Waals surface area contributed by atoms with Gasteiger partial charge < -0.3 is 9.64 Å². The second kappa shape index (κ2) is 5.78. The highest BCUT2D eigenvalue weighted by Crippen LogP contribution is 2.25. The zero-order valence-corrected chi connectivity index (χ0v) is 10.3. The Kier molecular flexibility index (Phi) is 4.36. The zero-order chi connectivity index (χ0) is 11.4. The van der Waals surface area contributed by atoms with Crippen molar-refractivity contribution in [1.29, 1.82) is 0 Å². The summed E-state index contributed by atoms with van der Waals surface area (Å²) in [4.78, 5) is 14.0. The van der Waals surface area contributed by atoms with Crippen LogP contribution in [0.1, 0.15) is 32.1 Å². The molecular formula is C13H23NO2. The van der Waals surface area contributed by atoms with Crippen molar-refractivity contribution in [2.75, 3.05) is 33.4 Å². The molecule has 2 fully saturated rings. The fourth-order valence-electron chi connectivity index (χ4n) is 2.93. The van der Waals surface area contributed by atoms with Gasteiger partial charge in [0.05, 0.1) is 19.1 Å². The second-order valence-corrected chi connectivity index (χ2v) is 5.36. The Morgan fingerprint density at radius 2 is 2.06 bits per heavy atom. The van der Waals surface area contributed by atoms with Gasteiger partial charge in [-0.25, -0.2) is 0 Å². The molecule has 1 heterocycles. The van der Waals surface area contributed by atoms with Crippen molar-refractivity contribution >= 4 is 5.78 Å². The third-order valence-corrected chi connectivity index (χ3v) is 3.84. The molecule has 0 spiro atoms. The normalized spacial score (nSPS) is 27.9. The van der Waals surface area contributed by atoms with Gasteiger partial charge >= 0.3 is 0 Å². The molecule has 2 aliphatic rings. The highest BCUT2D eigenvalue weighted by molar-refractivity contribution is 5.82. The van der Waals surface area contributed by atoms with Crippen molar-refractivity contribution in [3.8, 4) is 0 Å². The van der Waals surface area contributed by atoms with Gasteiger partial charge in [0.25, 0.3) is 0 Å². The minimum atomic E-state index is 0.125. The average Bonchev–Trinajstić information content (AvgIpc) is 2.74. The zero-order valence-electron chi connectivity index (χ0n) is 10.3. The lowest BCUT2D eigenvalue weighted by atomic mass is 9.99. The lowest BCUT2D eigenvalue weighted by Crippen LogP contribution is -2.38. The predicted octanol–water partition coefficient (Wildman–Crippen LogP) is 1.71. The fourth-order valence-corrected chi connectivity index (χ4v) is 2.93. The highest BCUT2D eigenvalue weighted by atomic mass is 16.5. The molecule has 92 valence electrons. The molecule has 0 aromatic carbocycles. The second-order valence-electron chi connectivity index (χ2n) is 5.36. The van der Waals surface area contributed by atoms with Crippen molar-refractivity contribution in [1.82, 2.24) is 4.90 Å². The lowest BCUT2D eigenvalue weighted by molar-refractivity contribution is -0.131. The summed E-state index contributed by atoms with van der Waals surface area (Å²) in [7, 11) is 2.14. The lowest BCUT2D eigenvalue weighted by Gasteiger charge is -2.27. The number of ether oxygens (including phenoxy) is 1. The summed E-state index contributed by atoms with van der Waals surface area (Å²) in [6, 6.07) is 0. The van der Waals surface area contributed by atoms with E-state index in [2.05, 4.69) is 11.9 Å². The molecule has 1 aliphatic carbocycles. The summed E-state index contributed by atoms with van der Waals surface area (Å²) in [5.74, 6) is 1.38. The molecule has 3 heteroatoms. The molecule has 1 saturated carbocycles. The monoisotopic (exact) mass is 225 g/mol. The number of nitrogens with zero attached hydrogens (tertiary/aromatic N) is 1. The Bertz CT molecular complexity index is 236. The van der Waals surface area contributed by atoms with Crippen LogP contribution >= 0.6 is 0 Å². The van der Waals surface area contributed by atoms with Crippen LogP contribution in [0, 0.1) is 11.8 Å². The highest BCUT2D eigenvalue weighted by Gasteiger charge is 2.25. The minimum absolute atomic E-state index is 0.125. The van der Waals surface area contributed by atoms with Crippen LogP contribution in [-0.4, -0.2) is 44.0 Å². The SMILES string of the molecule is CN(CC1CCCC1)CC1COCCC1=O. The molecule has 1 unspecified atom stereocenters. The topological polar surface area (TPSA) is 29.5 Å². The molecule has 0 bridgehead atoms. The smallest absolute Gasteiger partial charge is 0.141 e. The van der Waals surface area contributed by atoms with Crippen molar-refractivity contribution in [2.45, 2.75) is 32.1 Å². The number of hydrogen-bond acceptors (Lipinski definition) is 3. The van der Waals surface area contributed by atoms with Crippen molar-refractivity contribution < 1.29 is 9.53 Å². The molecule has 1 atom stereocenters. The summed E-state index contributed by atoms with van der Waals surface area (Å²) in [6.07, 6.45) is 6.15. The van der Waals surface area contributed by atoms with E-state index in [4.69, 9.17) is 4.74 Å². The molecule has 1 saturated heterocycles. The average molecular weight is 225 g/mol. The number of hydrogen-bond donors (Lipinski definition) is 0. The molecule has 3 nitrogen and oxygen atoms in total. The van der Waals surface area contributed by atoms with Gasteiger partial charge in [0.15, 0.2) is 0 Å². The molecular weight excluding hydrogens is 202 g/mol. The maximum Gasteiger partial charge on any atom is 0.141 e. The summed E-state index contributed by atoms with van der Waals surface area (Å²) in [6.45, 7) is 3.30. The first-order chi connectivity index (χ1) is 7.75. The third kappa shape index (κ3) is 3.29. The van der Waals surface area contributed by atoms with E-state index in [1.54, 1.807) is 0 Å². The van der Waals surface area contributed by atoms with Crippen LogP contribution in [0.15, 0.2) is 0 Å². The third-order valence-electron chi connectivity index (χ3n) is 3.84. The van der Waals surface area contributed by atoms with Crippen LogP contribution in [0.5, 0.6) is 0 Å². The largest absolute Gasteiger partial charge is 0.380 e. The number of rotatable bonds is 4.